The number of anilines is 1. The molecule has 3 aromatic rings. The van der Waals surface area contributed by atoms with Crippen molar-refractivity contribution in [3.8, 4) is 11.3 Å². The number of aromatic nitrogens is 2. The second kappa shape index (κ2) is 13.3. The third-order valence-corrected chi connectivity index (χ3v) is 7.49. The average molecular weight is 592 g/mol. The first-order chi connectivity index (χ1) is 19.9. The summed E-state index contributed by atoms with van der Waals surface area (Å²) in [6, 6.07) is 13.6. The monoisotopic (exact) mass is 591 g/mol. The predicted octanol–water partition coefficient (Wildman–Crippen LogP) is 5.12. The van der Waals surface area contributed by atoms with Gasteiger partial charge >= 0.3 is 0 Å². The van der Waals surface area contributed by atoms with E-state index in [9.17, 15) is 19.2 Å². The van der Waals surface area contributed by atoms with Gasteiger partial charge in [0.1, 0.15) is 0 Å². The molecule has 0 atom stereocenters. The largest absolute Gasteiger partial charge is 0.349 e. The molecule has 0 aliphatic carbocycles. The van der Waals surface area contributed by atoms with Crippen molar-refractivity contribution in [2.45, 2.75) is 66.0 Å². The molecule has 0 radical (unpaired) electrons. The van der Waals surface area contributed by atoms with Gasteiger partial charge in [0.05, 0.1) is 24.3 Å². The highest BCUT2D eigenvalue weighted by atomic mass is 35.5. The Balaban J connectivity index is 1.44. The van der Waals surface area contributed by atoms with Crippen LogP contribution in [0.25, 0.3) is 11.3 Å². The van der Waals surface area contributed by atoms with Gasteiger partial charge in [-0.25, -0.2) is 4.98 Å². The fourth-order valence-electron chi connectivity index (χ4n) is 4.77. The number of piperidine rings is 1. The quantitative estimate of drug-likeness (QED) is 0.378. The van der Waals surface area contributed by atoms with Crippen molar-refractivity contribution in [3.63, 3.8) is 0 Å². The van der Waals surface area contributed by atoms with E-state index in [0.29, 0.717) is 47.0 Å². The van der Waals surface area contributed by atoms with Crippen LogP contribution < -0.4 is 16.2 Å². The Labute approximate surface area is 251 Å². The van der Waals surface area contributed by atoms with E-state index in [4.69, 9.17) is 11.6 Å². The molecule has 10 heteroatoms. The number of carbonyl (C=O) groups is 3. The highest BCUT2D eigenvalue weighted by molar-refractivity contribution is 6.31. The number of benzene rings is 2. The van der Waals surface area contributed by atoms with E-state index in [-0.39, 0.29) is 35.9 Å². The van der Waals surface area contributed by atoms with Crippen LogP contribution in [0.2, 0.25) is 5.02 Å². The summed E-state index contributed by atoms with van der Waals surface area (Å²) in [6.45, 7) is 8.96. The third kappa shape index (κ3) is 7.85. The number of hydrogen-bond donors (Lipinski definition) is 2. The summed E-state index contributed by atoms with van der Waals surface area (Å²) >= 11 is 6.19. The van der Waals surface area contributed by atoms with Crippen molar-refractivity contribution >= 4 is 35.0 Å². The summed E-state index contributed by atoms with van der Waals surface area (Å²) in [7, 11) is 0. The van der Waals surface area contributed by atoms with Crippen molar-refractivity contribution in [2.24, 2.45) is 5.41 Å². The molecule has 42 heavy (non-hydrogen) atoms. The fraction of sp³-hybridized carbons (Fsp3) is 0.406. The van der Waals surface area contributed by atoms with Crippen LogP contribution in [-0.2, 0) is 16.1 Å². The van der Waals surface area contributed by atoms with Crippen molar-refractivity contribution in [1.82, 2.24) is 19.8 Å². The molecular weight excluding hydrogens is 554 g/mol. The van der Waals surface area contributed by atoms with Crippen LogP contribution in [0.5, 0.6) is 0 Å². The summed E-state index contributed by atoms with van der Waals surface area (Å²) in [5, 5.41) is 6.44. The molecule has 1 fully saturated rings. The van der Waals surface area contributed by atoms with Gasteiger partial charge < -0.3 is 15.5 Å². The summed E-state index contributed by atoms with van der Waals surface area (Å²) in [6.07, 6.45) is 4.30. The lowest BCUT2D eigenvalue weighted by Crippen LogP contribution is -2.46. The average Bonchev–Trinajstić information content (AvgIpc) is 2.94. The van der Waals surface area contributed by atoms with Gasteiger partial charge in [-0.1, -0.05) is 51.4 Å². The van der Waals surface area contributed by atoms with Crippen LogP contribution in [0.4, 0.5) is 5.69 Å². The molecule has 4 rings (SSSR count). The van der Waals surface area contributed by atoms with Crippen molar-refractivity contribution in [1.29, 1.82) is 0 Å². The van der Waals surface area contributed by atoms with Gasteiger partial charge in [-0.2, -0.15) is 0 Å². The van der Waals surface area contributed by atoms with Crippen LogP contribution in [0.3, 0.4) is 0 Å². The second-order valence-electron chi connectivity index (χ2n) is 11.7. The zero-order valence-electron chi connectivity index (χ0n) is 24.6. The number of rotatable bonds is 8. The van der Waals surface area contributed by atoms with Gasteiger partial charge in [0.2, 0.25) is 11.8 Å². The van der Waals surface area contributed by atoms with E-state index in [0.717, 1.165) is 24.8 Å². The highest BCUT2D eigenvalue weighted by Crippen LogP contribution is 2.30. The number of nitrogens with one attached hydrogen (secondary N) is 2. The van der Waals surface area contributed by atoms with Gasteiger partial charge in [-0.05, 0) is 55.2 Å². The minimum atomic E-state index is -0.617. The Morgan fingerprint density at radius 3 is 2.45 bits per heavy atom. The van der Waals surface area contributed by atoms with Gasteiger partial charge in [-0.15, -0.1) is 0 Å². The Kier molecular flexibility index (Phi) is 9.83. The van der Waals surface area contributed by atoms with Crippen LogP contribution in [-0.4, -0.2) is 51.3 Å². The first kappa shape index (κ1) is 31.0. The Morgan fingerprint density at radius 2 is 1.79 bits per heavy atom. The zero-order valence-corrected chi connectivity index (χ0v) is 25.3. The van der Waals surface area contributed by atoms with Crippen LogP contribution >= 0.6 is 11.6 Å². The van der Waals surface area contributed by atoms with Gasteiger partial charge in [0.25, 0.3) is 11.5 Å². The normalized spacial score (nSPS) is 14.0. The maximum atomic E-state index is 13.1. The SMILES string of the molecule is CCCC(=O)N1CCC(NC(=O)c2cccc(Cn3cnc(-c4ccc(Cl)cc4NC(=O)C(C)(C)C)cc3=O)c2)CC1. The molecule has 1 aromatic heterocycles. The molecule has 1 aliphatic heterocycles. The molecule has 2 aromatic carbocycles. The predicted molar refractivity (Wildman–Crippen MR) is 165 cm³/mol. The van der Waals surface area contributed by atoms with E-state index < -0.39 is 5.41 Å². The molecule has 0 saturated carbocycles. The van der Waals surface area contributed by atoms with Crippen LogP contribution in [0, 0.1) is 5.41 Å². The number of likely N-dealkylation sites (tertiary alicyclic amines) is 1. The molecule has 222 valence electrons. The number of amides is 3. The summed E-state index contributed by atoms with van der Waals surface area (Å²) in [5.41, 5.74) is 1.87. The second-order valence-corrected chi connectivity index (χ2v) is 12.1. The first-order valence-electron chi connectivity index (χ1n) is 14.3. The van der Waals surface area contributed by atoms with E-state index >= 15 is 0 Å². The summed E-state index contributed by atoms with van der Waals surface area (Å²) in [4.78, 5) is 57.2. The van der Waals surface area contributed by atoms with E-state index in [1.165, 1.54) is 17.0 Å². The molecule has 0 unspecified atom stereocenters. The first-order valence-corrected chi connectivity index (χ1v) is 14.7. The maximum Gasteiger partial charge on any atom is 0.254 e. The molecule has 2 heterocycles. The molecule has 1 saturated heterocycles. The lowest BCUT2D eigenvalue weighted by Gasteiger charge is -2.32. The molecule has 1 aliphatic rings. The highest BCUT2D eigenvalue weighted by Gasteiger charge is 2.24. The maximum absolute atomic E-state index is 13.1. The smallest absolute Gasteiger partial charge is 0.254 e. The zero-order chi connectivity index (χ0) is 30.4. The molecule has 0 bridgehead atoms. The Bertz CT molecular complexity index is 1520. The van der Waals surface area contributed by atoms with E-state index in [2.05, 4.69) is 15.6 Å². The molecule has 3 amide bonds. The number of halogens is 1. The summed E-state index contributed by atoms with van der Waals surface area (Å²) in [5.74, 6) is -0.187. The topological polar surface area (TPSA) is 113 Å². The third-order valence-electron chi connectivity index (χ3n) is 7.26. The molecule has 0 spiro atoms. The number of carbonyl (C=O) groups excluding carboxylic acids is 3. The minimum Gasteiger partial charge on any atom is -0.349 e. The number of hydrogen-bond acceptors (Lipinski definition) is 5. The van der Waals surface area contributed by atoms with Crippen LogP contribution in [0.1, 0.15) is 69.3 Å². The molecular formula is C32H38ClN5O4. The molecule has 9 nitrogen and oxygen atoms in total. The Morgan fingerprint density at radius 1 is 1.05 bits per heavy atom. The van der Waals surface area contributed by atoms with Gasteiger partial charge in [0.15, 0.2) is 0 Å². The molecule has 2 N–H and O–H groups in total. The lowest BCUT2D eigenvalue weighted by molar-refractivity contribution is -0.132. The fourth-order valence-corrected chi connectivity index (χ4v) is 4.94. The minimum absolute atomic E-state index is 0.0112. The summed E-state index contributed by atoms with van der Waals surface area (Å²) < 4.78 is 1.47. The van der Waals surface area contributed by atoms with Crippen molar-refractivity contribution in [3.05, 3.63) is 81.4 Å². The Hall–Kier alpha value is -3.98. The van der Waals surface area contributed by atoms with Gasteiger partial charge in [0, 0.05) is 53.2 Å². The lowest BCUT2D eigenvalue weighted by atomic mass is 9.95. The van der Waals surface area contributed by atoms with Crippen molar-refractivity contribution in [2.75, 3.05) is 18.4 Å². The number of nitrogens with zero attached hydrogens (tertiary/aromatic N) is 3. The van der Waals surface area contributed by atoms with Gasteiger partial charge in [-0.3, -0.25) is 23.7 Å². The van der Waals surface area contributed by atoms with Crippen LogP contribution in [0.15, 0.2) is 59.7 Å². The van der Waals surface area contributed by atoms with E-state index in [1.807, 2.05) is 38.7 Å². The van der Waals surface area contributed by atoms with E-state index in [1.54, 1.807) is 36.4 Å². The van der Waals surface area contributed by atoms with Crippen molar-refractivity contribution < 1.29 is 14.4 Å². The standard InChI is InChI=1S/C32H38ClN5O4/c1-5-7-28(39)37-14-12-24(13-15-37)35-30(41)22-9-6-8-21(16-22)19-38-20-34-26(18-29(38)40)25-11-10-23(33)17-27(25)36-31(42)32(2,3)4/h6,8-11,16-18,20,24H,5,7,12-15,19H2,1-4H3,(H,35,41)(H,36,42).